The Morgan fingerprint density at radius 2 is 1.95 bits per heavy atom. The van der Waals surface area contributed by atoms with E-state index in [9.17, 15) is 0 Å². The van der Waals surface area contributed by atoms with Crippen LogP contribution < -0.4 is 15.0 Å². The normalized spacial score (nSPS) is 9.76. The van der Waals surface area contributed by atoms with Crippen LogP contribution in [0.3, 0.4) is 0 Å². The fraction of sp³-hybridized carbons (Fsp3) is 0.235. The molecule has 0 aliphatic rings. The molecule has 0 aliphatic heterocycles. The summed E-state index contributed by atoms with van der Waals surface area (Å²) in [5.41, 5.74) is 3.35. The third kappa shape index (κ3) is 4.15. The average Bonchev–Trinajstić information content (AvgIpc) is 2.51. The van der Waals surface area contributed by atoms with Crippen LogP contribution in [0, 0.1) is 11.3 Å². The highest BCUT2D eigenvalue weighted by Gasteiger charge is 2.03. The van der Waals surface area contributed by atoms with Crippen LogP contribution >= 0.6 is 0 Å². The van der Waals surface area contributed by atoms with Crippen molar-refractivity contribution in [2.75, 3.05) is 30.9 Å². The van der Waals surface area contributed by atoms with E-state index < -0.39 is 0 Å². The zero-order valence-corrected chi connectivity index (χ0v) is 12.3. The van der Waals surface area contributed by atoms with Crippen molar-refractivity contribution in [1.82, 2.24) is 0 Å². The van der Waals surface area contributed by atoms with Gasteiger partial charge in [-0.3, -0.25) is 0 Å². The largest absolute Gasteiger partial charge is 0.479 e. The number of anilines is 2. The van der Waals surface area contributed by atoms with Crippen LogP contribution in [0.4, 0.5) is 11.4 Å². The summed E-state index contributed by atoms with van der Waals surface area (Å²) in [6, 6.07) is 17.9. The quantitative estimate of drug-likeness (QED) is 0.883. The first kappa shape index (κ1) is 14.7. The lowest BCUT2D eigenvalue weighted by Gasteiger charge is -2.18. The molecular weight excluding hydrogens is 262 g/mol. The maximum Gasteiger partial charge on any atom is 0.174 e. The number of hydrogen-bond donors (Lipinski definition) is 1. The smallest absolute Gasteiger partial charge is 0.174 e. The van der Waals surface area contributed by atoms with Gasteiger partial charge in [0.25, 0.3) is 0 Å². The summed E-state index contributed by atoms with van der Waals surface area (Å²) in [6.07, 6.45) is 0. The molecule has 0 spiro atoms. The van der Waals surface area contributed by atoms with Gasteiger partial charge in [0.1, 0.15) is 11.8 Å². The molecule has 108 valence electrons. The fourth-order valence-electron chi connectivity index (χ4n) is 2.07. The monoisotopic (exact) mass is 281 g/mol. The topological polar surface area (TPSA) is 48.3 Å². The van der Waals surface area contributed by atoms with Crippen LogP contribution in [-0.2, 0) is 6.54 Å². The van der Waals surface area contributed by atoms with Gasteiger partial charge in [0.15, 0.2) is 6.61 Å². The molecule has 0 saturated carbocycles. The number of nitrogens with zero attached hydrogens (tertiary/aromatic N) is 2. The molecule has 4 nitrogen and oxygen atoms in total. The van der Waals surface area contributed by atoms with Gasteiger partial charge in [0, 0.05) is 20.6 Å². The van der Waals surface area contributed by atoms with Crippen LogP contribution in [0.15, 0.2) is 48.5 Å². The predicted molar refractivity (Wildman–Crippen MR) is 85.6 cm³/mol. The summed E-state index contributed by atoms with van der Waals surface area (Å²) in [5, 5.41) is 12.0. The summed E-state index contributed by atoms with van der Waals surface area (Å²) in [7, 11) is 4.05. The number of benzene rings is 2. The van der Waals surface area contributed by atoms with Crippen molar-refractivity contribution in [3.05, 3.63) is 54.1 Å². The number of nitrogens with one attached hydrogen (secondary N) is 1. The third-order valence-electron chi connectivity index (χ3n) is 3.07. The van der Waals surface area contributed by atoms with Gasteiger partial charge in [0.2, 0.25) is 0 Å². The molecule has 2 aromatic rings. The number of rotatable bonds is 6. The van der Waals surface area contributed by atoms with Crippen LogP contribution in [0.5, 0.6) is 5.75 Å². The highest BCUT2D eigenvalue weighted by molar-refractivity contribution is 5.69. The molecule has 2 aromatic carbocycles. The minimum absolute atomic E-state index is 0.0698. The average molecular weight is 281 g/mol. The van der Waals surface area contributed by atoms with Gasteiger partial charge in [-0.1, -0.05) is 24.3 Å². The Balaban J connectivity index is 2.05. The van der Waals surface area contributed by atoms with Crippen molar-refractivity contribution < 1.29 is 4.74 Å². The lowest BCUT2D eigenvalue weighted by Crippen LogP contribution is -2.12. The van der Waals surface area contributed by atoms with Crippen molar-refractivity contribution in [3.8, 4) is 11.8 Å². The number of nitriles is 1. The molecule has 0 bridgehead atoms. The Kier molecular flexibility index (Phi) is 5.05. The van der Waals surface area contributed by atoms with E-state index in [1.54, 1.807) is 0 Å². The summed E-state index contributed by atoms with van der Waals surface area (Å²) >= 11 is 0. The van der Waals surface area contributed by atoms with E-state index in [4.69, 9.17) is 10.00 Å². The predicted octanol–water partition coefficient (Wildman–Crippen LogP) is 3.27. The summed E-state index contributed by atoms with van der Waals surface area (Å²) in [6.45, 7) is 0.773. The van der Waals surface area contributed by atoms with E-state index in [0.717, 1.165) is 22.7 Å². The Morgan fingerprint density at radius 1 is 1.14 bits per heavy atom. The summed E-state index contributed by atoms with van der Waals surface area (Å²) in [5.74, 6) is 0.719. The van der Waals surface area contributed by atoms with Crippen molar-refractivity contribution in [3.63, 3.8) is 0 Å². The van der Waals surface area contributed by atoms with Gasteiger partial charge in [-0.2, -0.15) is 5.26 Å². The molecule has 2 rings (SSSR count). The Hall–Kier alpha value is -2.67. The Bertz CT molecular complexity index is 632. The second-order valence-electron chi connectivity index (χ2n) is 4.86. The molecule has 0 atom stereocenters. The SMILES string of the molecule is CN(C)c1ccccc1NCc1cccc(OCC#N)c1. The minimum atomic E-state index is 0.0698. The maximum absolute atomic E-state index is 8.54. The Morgan fingerprint density at radius 3 is 2.71 bits per heavy atom. The standard InChI is InChI=1S/C17H19N3O/c1-20(2)17-9-4-3-8-16(17)19-13-14-6-5-7-15(12-14)21-11-10-18/h3-9,12,19H,11,13H2,1-2H3. The van der Waals surface area contributed by atoms with Crippen LogP contribution in [0.1, 0.15) is 5.56 Å². The first-order chi connectivity index (χ1) is 10.2. The number of ether oxygens (including phenoxy) is 1. The van der Waals surface area contributed by atoms with Crippen molar-refractivity contribution in [2.24, 2.45) is 0 Å². The van der Waals surface area contributed by atoms with Gasteiger partial charge in [-0.05, 0) is 29.8 Å². The molecule has 0 aliphatic carbocycles. The molecule has 1 N–H and O–H groups in total. The van der Waals surface area contributed by atoms with E-state index >= 15 is 0 Å². The van der Waals surface area contributed by atoms with Crippen LogP contribution in [-0.4, -0.2) is 20.7 Å². The molecule has 0 aromatic heterocycles. The van der Waals surface area contributed by atoms with Gasteiger partial charge < -0.3 is 15.0 Å². The first-order valence-corrected chi connectivity index (χ1v) is 6.79. The van der Waals surface area contributed by atoms with E-state index in [1.807, 2.05) is 56.6 Å². The zero-order chi connectivity index (χ0) is 15.1. The molecule has 0 saturated heterocycles. The maximum atomic E-state index is 8.54. The molecule has 4 heteroatoms. The minimum Gasteiger partial charge on any atom is -0.479 e. The number of hydrogen-bond acceptors (Lipinski definition) is 4. The van der Waals surface area contributed by atoms with Gasteiger partial charge in [-0.25, -0.2) is 0 Å². The van der Waals surface area contributed by atoms with Gasteiger partial charge in [0.05, 0.1) is 11.4 Å². The van der Waals surface area contributed by atoms with Gasteiger partial charge in [-0.15, -0.1) is 0 Å². The molecule has 21 heavy (non-hydrogen) atoms. The molecular formula is C17H19N3O. The van der Waals surface area contributed by atoms with E-state index in [1.165, 1.54) is 0 Å². The summed E-state index contributed by atoms with van der Waals surface area (Å²) in [4.78, 5) is 2.08. The molecule has 0 unspecified atom stereocenters. The number of para-hydroxylation sites is 2. The van der Waals surface area contributed by atoms with Crippen molar-refractivity contribution in [1.29, 1.82) is 5.26 Å². The lowest BCUT2D eigenvalue weighted by molar-refractivity contribution is 0.368. The Labute approximate surface area is 125 Å². The zero-order valence-electron chi connectivity index (χ0n) is 12.3. The molecule has 0 amide bonds. The second kappa shape index (κ2) is 7.20. The van der Waals surface area contributed by atoms with Crippen molar-refractivity contribution >= 4 is 11.4 Å². The van der Waals surface area contributed by atoms with Crippen LogP contribution in [0.2, 0.25) is 0 Å². The van der Waals surface area contributed by atoms with Crippen molar-refractivity contribution in [2.45, 2.75) is 6.54 Å². The second-order valence-corrected chi connectivity index (χ2v) is 4.86. The van der Waals surface area contributed by atoms with E-state index in [0.29, 0.717) is 6.54 Å². The lowest BCUT2D eigenvalue weighted by atomic mass is 10.2. The van der Waals surface area contributed by atoms with Crippen LogP contribution in [0.25, 0.3) is 0 Å². The molecule has 0 heterocycles. The molecule has 0 fully saturated rings. The highest BCUT2D eigenvalue weighted by Crippen LogP contribution is 2.24. The third-order valence-corrected chi connectivity index (χ3v) is 3.07. The first-order valence-electron chi connectivity index (χ1n) is 6.79. The van der Waals surface area contributed by atoms with E-state index in [-0.39, 0.29) is 6.61 Å². The highest BCUT2D eigenvalue weighted by atomic mass is 16.5. The van der Waals surface area contributed by atoms with E-state index in [2.05, 4.69) is 22.3 Å². The van der Waals surface area contributed by atoms with Gasteiger partial charge >= 0.3 is 0 Å². The molecule has 0 radical (unpaired) electrons. The fourth-order valence-corrected chi connectivity index (χ4v) is 2.07. The summed E-state index contributed by atoms with van der Waals surface area (Å²) < 4.78 is 5.31.